The van der Waals surface area contributed by atoms with E-state index in [2.05, 4.69) is 0 Å². The van der Waals surface area contributed by atoms with Gasteiger partial charge in [-0.1, -0.05) is 13.8 Å². The molecule has 0 radical (unpaired) electrons. The van der Waals surface area contributed by atoms with E-state index in [1.54, 1.807) is 0 Å². The topological polar surface area (TPSA) is 43.4 Å². The predicted molar refractivity (Wildman–Crippen MR) is 45.6 cm³/mol. The number of carbonyl (C=O) groups is 2. The fourth-order valence-electron chi connectivity index (χ4n) is 1.55. The van der Waals surface area contributed by atoms with Crippen molar-refractivity contribution in [3.8, 4) is 0 Å². The van der Waals surface area contributed by atoms with Crippen LogP contribution < -0.4 is 0 Å². The predicted octanol–water partition coefficient (Wildman–Crippen LogP) is 1.37. The van der Waals surface area contributed by atoms with Crippen molar-refractivity contribution in [3.05, 3.63) is 0 Å². The van der Waals surface area contributed by atoms with Crippen molar-refractivity contribution in [3.63, 3.8) is 0 Å². The average Bonchev–Trinajstić information content (AvgIpc) is 2.89. The summed E-state index contributed by atoms with van der Waals surface area (Å²) in [6.45, 7) is 3.99. The Labute approximate surface area is 77.4 Å². The Bertz CT molecular complexity index is 233. The molecular weight excluding hydrogens is 168 g/mol. The first-order valence-corrected chi connectivity index (χ1v) is 4.85. The van der Waals surface area contributed by atoms with E-state index in [9.17, 15) is 9.59 Å². The van der Waals surface area contributed by atoms with Gasteiger partial charge in [0.2, 0.25) is 0 Å². The summed E-state index contributed by atoms with van der Waals surface area (Å²) >= 11 is 0. The van der Waals surface area contributed by atoms with Crippen LogP contribution in [0.25, 0.3) is 0 Å². The van der Waals surface area contributed by atoms with Crippen LogP contribution in [0.3, 0.4) is 0 Å². The molecule has 0 heterocycles. The first kappa shape index (κ1) is 8.73. The van der Waals surface area contributed by atoms with E-state index in [4.69, 9.17) is 4.74 Å². The zero-order chi connectivity index (χ0) is 9.59. The Kier molecular flexibility index (Phi) is 1.90. The number of rotatable bonds is 2. The molecule has 2 aliphatic rings. The molecule has 2 saturated carbocycles. The van der Waals surface area contributed by atoms with Crippen LogP contribution in [0.15, 0.2) is 0 Å². The lowest BCUT2D eigenvalue weighted by Gasteiger charge is -1.99. The van der Waals surface area contributed by atoms with Gasteiger partial charge in [0, 0.05) is 0 Å². The summed E-state index contributed by atoms with van der Waals surface area (Å²) in [6.07, 6.45) is 1.76. The molecule has 0 unspecified atom stereocenters. The van der Waals surface area contributed by atoms with Gasteiger partial charge in [-0.15, -0.1) is 0 Å². The van der Waals surface area contributed by atoms with Crippen molar-refractivity contribution in [1.82, 2.24) is 0 Å². The summed E-state index contributed by atoms with van der Waals surface area (Å²) in [5, 5.41) is 0. The van der Waals surface area contributed by atoms with E-state index < -0.39 is 0 Å². The molecule has 0 aromatic heterocycles. The molecule has 0 N–H and O–H groups in total. The molecule has 2 aliphatic carbocycles. The third kappa shape index (κ3) is 1.74. The van der Waals surface area contributed by atoms with Crippen LogP contribution >= 0.6 is 0 Å². The van der Waals surface area contributed by atoms with Crippen LogP contribution in [0.1, 0.15) is 26.7 Å². The Morgan fingerprint density at radius 3 is 1.54 bits per heavy atom. The highest BCUT2D eigenvalue weighted by atomic mass is 16.6. The first-order valence-electron chi connectivity index (χ1n) is 4.85. The van der Waals surface area contributed by atoms with Gasteiger partial charge in [0.05, 0.1) is 11.8 Å². The second kappa shape index (κ2) is 2.82. The summed E-state index contributed by atoms with van der Waals surface area (Å²) < 4.78 is 4.76. The highest BCUT2D eigenvalue weighted by Crippen LogP contribution is 2.41. The summed E-state index contributed by atoms with van der Waals surface area (Å²) in [4.78, 5) is 22.4. The van der Waals surface area contributed by atoms with Crippen molar-refractivity contribution >= 4 is 11.9 Å². The molecule has 0 aromatic carbocycles. The fraction of sp³-hybridized carbons (Fsp3) is 0.800. The molecule has 0 bridgehead atoms. The van der Waals surface area contributed by atoms with Gasteiger partial charge in [0.25, 0.3) is 0 Å². The highest BCUT2D eigenvalue weighted by molar-refractivity contribution is 5.90. The van der Waals surface area contributed by atoms with Gasteiger partial charge in [-0.05, 0) is 24.7 Å². The van der Waals surface area contributed by atoms with Gasteiger partial charge in [0.15, 0.2) is 0 Å². The molecule has 2 fully saturated rings. The van der Waals surface area contributed by atoms with Gasteiger partial charge in [-0.25, -0.2) is 0 Å². The molecule has 4 atom stereocenters. The van der Waals surface area contributed by atoms with Crippen LogP contribution in [0.2, 0.25) is 0 Å². The maximum atomic E-state index is 11.2. The van der Waals surface area contributed by atoms with Gasteiger partial charge in [0.1, 0.15) is 0 Å². The lowest BCUT2D eigenvalue weighted by atomic mass is 10.3. The summed E-state index contributed by atoms with van der Waals surface area (Å²) in [7, 11) is 0. The van der Waals surface area contributed by atoms with Gasteiger partial charge < -0.3 is 4.74 Å². The van der Waals surface area contributed by atoms with E-state index in [-0.39, 0.29) is 23.8 Å². The normalized spacial score (nSPS) is 41.1. The molecule has 0 amide bonds. The maximum absolute atomic E-state index is 11.2. The van der Waals surface area contributed by atoms with Crippen LogP contribution in [-0.2, 0) is 14.3 Å². The van der Waals surface area contributed by atoms with Crippen molar-refractivity contribution < 1.29 is 14.3 Å². The monoisotopic (exact) mass is 182 g/mol. The van der Waals surface area contributed by atoms with Gasteiger partial charge in [-0.3, -0.25) is 9.59 Å². The molecule has 0 saturated heterocycles. The zero-order valence-corrected chi connectivity index (χ0v) is 7.95. The minimum Gasteiger partial charge on any atom is -0.393 e. The molecule has 3 nitrogen and oxygen atoms in total. The molecule has 72 valence electrons. The molecule has 0 spiro atoms. The van der Waals surface area contributed by atoms with E-state index in [1.165, 1.54) is 0 Å². The first-order chi connectivity index (χ1) is 6.09. The zero-order valence-electron chi connectivity index (χ0n) is 7.95. The Morgan fingerprint density at radius 2 is 1.31 bits per heavy atom. The lowest BCUT2D eigenvalue weighted by Crippen LogP contribution is -2.16. The second-order valence-electron chi connectivity index (χ2n) is 4.38. The van der Waals surface area contributed by atoms with Crippen LogP contribution in [-0.4, -0.2) is 11.9 Å². The maximum Gasteiger partial charge on any atom is 0.316 e. The number of hydrogen-bond donors (Lipinski definition) is 0. The number of esters is 2. The number of hydrogen-bond acceptors (Lipinski definition) is 3. The second-order valence-corrected chi connectivity index (χ2v) is 4.38. The fourth-order valence-corrected chi connectivity index (χ4v) is 1.55. The van der Waals surface area contributed by atoms with Crippen molar-refractivity contribution in [2.45, 2.75) is 26.7 Å². The quantitative estimate of drug-likeness (QED) is 0.478. The highest BCUT2D eigenvalue weighted by Gasteiger charge is 2.45. The molecule has 3 heteroatoms. The summed E-state index contributed by atoms with van der Waals surface area (Å²) in [5.41, 5.74) is 0. The Morgan fingerprint density at radius 1 is 1.00 bits per heavy atom. The standard InChI is InChI=1S/C10H14O3/c1-5-3-7(5)9(11)13-10(12)8-4-6(8)2/h5-8H,3-4H2,1-2H3/t5-,6-,7-,8+/m1/s1. The SMILES string of the molecule is C[C@@H]1C[C@@H]1C(=O)OC(=O)[C@@H]1C[C@H]1C. The molecule has 2 rings (SSSR count). The van der Waals surface area contributed by atoms with Crippen LogP contribution in [0.5, 0.6) is 0 Å². The summed E-state index contributed by atoms with van der Waals surface area (Å²) in [5.74, 6) is 0.207. The third-order valence-corrected chi connectivity index (χ3v) is 3.03. The molecular formula is C10H14O3. The van der Waals surface area contributed by atoms with Crippen LogP contribution in [0.4, 0.5) is 0 Å². The van der Waals surface area contributed by atoms with Gasteiger partial charge in [-0.2, -0.15) is 0 Å². The Hall–Kier alpha value is -0.860. The Balaban J connectivity index is 1.78. The molecule has 13 heavy (non-hydrogen) atoms. The van der Waals surface area contributed by atoms with Crippen molar-refractivity contribution in [2.75, 3.05) is 0 Å². The largest absolute Gasteiger partial charge is 0.393 e. The minimum absolute atomic E-state index is 0.00185. The third-order valence-electron chi connectivity index (χ3n) is 3.03. The van der Waals surface area contributed by atoms with E-state index in [0.29, 0.717) is 11.8 Å². The van der Waals surface area contributed by atoms with E-state index >= 15 is 0 Å². The lowest BCUT2D eigenvalue weighted by molar-refractivity contribution is -0.161. The van der Waals surface area contributed by atoms with Crippen molar-refractivity contribution in [2.24, 2.45) is 23.7 Å². The summed E-state index contributed by atoms with van der Waals surface area (Å²) in [6, 6.07) is 0. The van der Waals surface area contributed by atoms with Crippen molar-refractivity contribution in [1.29, 1.82) is 0 Å². The average molecular weight is 182 g/mol. The van der Waals surface area contributed by atoms with Crippen LogP contribution in [0, 0.1) is 23.7 Å². The number of ether oxygens (including phenoxy) is 1. The molecule has 0 aliphatic heterocycles. The smallest absolute Gasteiger partial charge is 0.316 e. The van der Waals surface area contributed by atoms with E-state index in [1.807, 2.05) is 13.8 Å². The van der Waals surface area contributed by atoms with Gasteiger partial charge >= 0.3 is 11.9 Å². The number of carbonyl (C=O) groups excluding carboxylic acids is 2. The van der Waals surface area contributed by atoms with E-state index in [0.717, 1.165) is 12.8 Å². The minimum atomic E-state index is -0.309. The molecule has 0 aromatic rings.